The van der Waals surface area contributed by atoms with Gasteiger partial charge in [-0.1, -0.05) is 26.0 Å². The van der Waals surface area contributed by atoms with Gasteiger partial charge in [-0.05, 0) is 159 Å². The van der Waals surface area contributed by atoms with Crippen LogP contribution in [0.15, 0.2) is 12.1 Å². The summed E-state index contributed by atoms with van der Waals surface area (Å²) in [6.45, 7) is 8.17. The number of aryl methyl sites for hydroxylation is 2. The van der Waals surface area contributed by atoms with Crippen molar-refractivity contribution in [2.45, 2.75) is 128 Å². The number of likely N-dealkylation sites (N-methyl/N-ethyl adjacent to an activating group) is 2. The minimum atomic E-state index is -4.02. The number of carbonyl (C=O) groups is 2. The molecule has 0 radical (unpaired) electrons. The molecule has 4 fully saturated rings. The fourth-order valence-corrected chi connectivity index (χ4v) is 15.3. The number of piperazine rings is 2. The Morgan fingerprint density at radius 3 is 1.55 bits per heavy atom. The van der Waals surface area contributed by atoms with Gasteiger partial charge in [-0.2, -0.15) is 25.4 Å². The first-order chi connectivity index (χ1) is 27.9. The van der Waals surface area contributed by atoms with E-state index in [9.17, 15) is 26.4 Å². The molecule has 4 heterocycles. The predicted octanol–water partition coefficient (Wildman–Crippen LogP) is 3.86. The standard InChI is InChI=1S/C42H58N8O6S2/c1-3-47-21-33-13-14-34(22-47)50(33)58(55,56)46-42(52)44-40-36-10-6-8-26(36)16-30-18-28(20-38(30)40)27-17-29-15-25-7-5-9-35(25)39(37(29)19-27)43-41(51)45-57(53,54)48-23-31-11-12-32(24-48)49(31)4-2/h15-16,27-28,31-34H,3-14,17-24H2,1-2H3,(H2,43,45,51)(H2,44,46,52). The van der Waals surface area contributed by atoms with Crippen molar-refractivity contribution >= 4 is 43.9 Å². The van der Waals surface area contributed by atoms with Crippen LogP contribution in [0, 0.1) is 11.8 Å². The second-order valence-electron chi connectivity index (χ2n) is 18.3. The van der Waals surface area contributed by atoms with Crippen LogP contribution in [0.4, 0.5) is 21.0 Å². The number of rotatable bonds is 9. The Kier molecular flexibility index (Phi) is 9.87. The molecule has 4 aliphatic carbocycles. The number of fused-ring (bicyclic) bond motifs is 8. The van der Waals surface area contributed by atoms with Crippen molar-refractivity contribution in [1.82, 2.24) is 27.9 Å². The van der Waals surface area contributed by atoms with Crippen LogP contribution in [-0.2, 0) is 71.8 Å². The van der Waals surface area contributed by atoms with Crippen molar-refractivity contribution in [3.05, 3.63) is 56.6 Å². The summed E-state index contributed by atoms with van der Waals surface area (Å²) in [6.07, 6.45) is 12.5. The van der Waals surface area contributed by atoms with Crippen LogP contribution in [0.25, 0.3) is 0 Å². The molecule has 4 bridgehead atoms. The highest BCUT2D eigenvalue weighted by Crippen LogP contribution is 2.48. The van der Waals surface area contributed by atoms with Gasteiger partial charge < -0.3 is 15.5 Å². The summed E-state index contributed by atoms with van der Waals surface area (Å²) in [5, 5.41) is 6.14. The van der Waals surface area contributed by atoms with Crippen molar-refractivity contribution in [2.75, 3.05) is 49.9 Å². The van der Waals surface area contributed by atoms with E-state index in [2.05, 4.69) is 55.9 Å². The zero-order chi connectivity index (χ0) is 40.1. The quantitative estimate of drug-likeness (QED) is 0.296. The second kappa shape index (κ2) is 14.7. The molecule has 0 aromatic heterocycles. The maximum atomic E-state index is 13.7. The monoisotopic (exact) mass is 834 g/mol. The van der Waals surface area contributed by atoms with Crippen LogP contribution >= 0.6 is 0 Å². The molecule has 4 N–H and O–H groups in total. The molecule has 4 aliphatic heterocycles. The van der Waals surface area contributed by atoms with Crippen LogP contribution in [0.5, 0.6) is 0 Å². The van der Waals surface area contributed by atoms with Gasteiger partial charge in [0.25, 0.3) is 0 Å². The highest BCUT2D eigenvalue weighted by atomic mass is 32.2. The molecular formula is C42H58N8O6S2. The normalized spacial score (nSPS) is 29.3. The fraction of sp³-hybridized carbons (Fsp3) is 0.667. The summed E-state index contributed by atoms with van der Waals surface area (Å²) >= 11 is 0. The summed E-state index contributed by atoms with van der Waals surface area (Å²) in [4.78, 5) is 31.9. The first-order valence-corrected chi connectivity index (χ1v) is 24.8. The van der Waals surface area contributed by atoms with Gasteiger partial charge in [-0.25, -0.2) is 19.0 Å². The third-order valence-electron chi connectivity index (χ3n) is 15.2. The number of hydrogen-bond donors (Lipinski definition) is 4. The molecule has 6 atom stereocenters. The van der Waals surface area contributed by atoms with Crippen molar-refractivity contribution in [1.29, 1.82) is 0 Å². The van der Waals surface area contributed by atoms with Crippen LogP contribution in [-0.4, -0.2) is 111 Å². The number of likely N-dealkylation sites (tertiary alicyclic amines) is 1. The number of carbonyl (C=O) groups excluding carboxylic acids is 2. The third kappa shape index (κ3) is 6.73. The van der Waals surface area contributed by atoms with Crippen LogP contribution in [0.2, 0.25) is 0 Å². The smallest absolute Gasteiger partial charge is 0.307 e. The van der Waals surface area contributed by atoms with Gasteiger partial charge in [0.1, 0.15) is 0 Å². The predicted molar refractivity (Wildman–Crippen MR) is 222 cm³/mol. The lowest BCUT2D eigenvalue weighted by atomic mass is 9.87. The number of nitrogens with one attached hydrogen (secondary N) is 4. The molecule has 8 aliphatic rings. The van der Waals surface area contributed by atoms with Gasteiger partial charge in [-0.15, -0.1) is 0 Å². The van der Waals surface area contributed by atoms with Crippen molar-refractivity contribution in [2.24, 2.45) is 11.8 Å². The Morgan fingerprint density at radius 2 is 1.07 bits per heavy atom. The zero-order valence-corrected chi connectivity index (χ0v) is 35.4. The summed E-state index contributed by atoms with van der Waals surface area (Å²) in [5.74, 6) is 0.605. The number of benzene rings is 2. The average Bonchev–Trinajstić information content (AvgIpc) is 4.04. The van der Waals surface area contributed by atoms with Gasteiger partial charge in [0.05, 0.1) is 0 Å². The molecular weight excluding hydrogens is 777 g/mol. The van der Waals surface area contributed by atoms with Crippen molar-refractivity contribution in [3.8, 4) is 0 Å². The highest BCUT2D eigenvalue weighted by Gasteiger charge is 2.47. The molecule has 10 rings (SSSR count). The Labute approximate surface area is 343 Å². The number of amides is 4. The molecule has 0 spiro atoms. The Morgan fingerprint density at radius 1 is 0.586 bits per heavy atom. The van der Waals surface area contributed by atoms with E-state index in [0.717, 1.165) is 137 Å². The molecule has 4 saturated heterocycles. The number of urea groups is 2. The molecule has 2 aromatic carbocycles. The minimum absolute atomic E-state index is 0.119. The van der Waals surface area contributed by atoms with Crippen molar-refractivity contribution in [3.63, 3.8) is 0 Å². The molecule has 314 valence electrons. The van der Waals surface area contributed by atoms with E-state index in [0.29, 0.717) is 38.0 Å². The number of anilines is 2. The fourth-order valence-electron chi connectivity index (χ4n) is 12.6. The number of nitrogens with zero attached hydrogens (tertiary/aromatic N) is 4. The Balaban J connectivity index is 0.842. The van der Waals surface area contributed by atoms with Gasteiger partial charge in [0.15, 0.2) is 0 Å². The topological polar surface area (TPSA) is 164 Å². The zero-order valence-electron chi connectivity index (χ0n) is 33.8. The van der Waals surface area contributed by atoms with Gasteiger partial charge in [0.2, 0.25) is 0 Å². The summed E-state index contributed by atoms with van der Waals surface area (Å²) in [7, 11) is -8.03. The van der Waals surface area contributed by atoms with E-state index in [1.165, 1.54) is 26.6 Å². The first-order valence-electron chi connectivity index (χ1n) is 21.9. The summed E-state index contributed by atoms with van der Waals surface area (Å²) in [5.41, 5.74) is 11.0. The van der Waals surface area contributed by atoms with E-state index < -0.39 is 32.5 Å². The van der Waals surface area contributed by atoms with Gasteiger partial charge >= 0.3 is 32.5 Å². The lowest BCUT2D eigenvalue weighted by Gasteiger charge is -2.39. The lowest BCUT2D eigenvalue weighted by molar-refractivity contribution is 0.116. The highest BCUT2D eigenvalue weighted by molar-refractivity contribution is 7.88. The second-order valence-corrected chi connectivity index (χ2v) is 21.6. The molecule has 16 heteroatoms. The van der Waals surface area contributed by atoms with E-state index in [1.807, 2.05) is 0 Å². The van der Waals surface area contributed by atoms with Crippen LogP contribution in [0.1, 0.15) is 96.9 Å². The van der Waals surface area contributed by atoms with E-state index in [1.54, 1.807) is 4.31 Å². The SMILES string of the molecule is CCN1CC2CCC(C1)N2S(=O)(=O)NC(=O)Nc1c2c(cc3c1CC(C1Cc4cc5c(c(NC(=O)NS(=O)(=O)N6CC7CCC(C6)N7CC)c4C1)CCC5)C3)CCC2. The molecule has 0 saturated carbocycles. The average molecular weight is 835 g/mol. The van der Waals surface area contributed by atoms with Crippen LogP contribution in [0.3, 0.4) is 0 Å². The molecule has 4 amide bonds. The van der Waals surface area contributed by atoms with Crippen molar-refractivity contribution < 1.29 is 26.4 Å². The summed E-state index contributed by atoms with van der Waals surface area (Å²) in [6, 6.07) is 3.39. The molecule has 14 nitrogen and oxygen atoms in total. The lowest BCUT2D eigenvalue weighted by Crippen LogP contribution is -2.59. The molecule has 2 aromatic rings. The third-order valence-corrected chi connectivity index (χ3v) is 18.2. The van der Waals surface area contributed by atoms with E-state index >= 15 is 0 Å². The van der Waals surface area contributed by atoms with Crippen LogP contribution < -0.4 is 20.1 Å². The minimum Gasteiger partial charge on any atom is -0.307 e. The Bertz CT molecular complexity index is 2240. The largest absolute Gasteiger partial charge is 0.333 e. The molecule has 6 unspecified atom stereocenters. The van der Waals surface area contributed by atoms with Gasteiger partial charge in [0, 0.05) is 61.7 Å². The van der Waals surface area contributed by atoms with E-state index in [4.69, 9.17) is 0 Å². The number of hydrogen-bond acceptors (Lipinski definition) is 8. The van der Waals surface area contributed by atoms with Gasteiger partial charge in [-0.3, -0.25) is 4.90 Å². The van der Waals surface area contributed by atoms with E-state index in [-0.39, 0.29) is 24.2 Å². The maximum absolute atomic E-state index is 13.7. The molecule has 58 heavy (non-hydrogen) atoms. The Hall–Kier alpha value is -3.28. The maximum Gasteiger partial charge on any atom is 0.333 e. The first kappa shape index (κ1) is 38.9. The summed E-state index contributed by atoms with van der Waals surface area (Å²) < 4.78 is 62.2.